The molecule has 17 heavy (non-hydrogen) atoms. The van der Waals surface area contributed by atoms with Gasteiger partial charge in [0.2, 0.25) is 0 Å². The molecule has 0 spiro atoms. The Morgan fingerprint density at radius 3 is 2.88 bits per heavy atom. The van der Waals surface area contributed by atoms with Crippen LogP contribution in [0.15, 0.2) is 28.7 Å². The molecule has 1 aromatic rings. The Balaban J connectivity index is 1.68. The van der Waals surface area contributed by atoms with Gasteiger partial charge in [-0.2, -0.15) is 0 Å². The summed E-state index contributed by atoms with van der Waals surface area (Å²) in [5.74, 6) is 0.589. The van der Waals surface area contributed by atoms with Gasteiger partial charge >= 0.3 is 6.03 Å². The third-order valence-corrected chi connectivity index (χ3v) is 3.25. The van der Waals surface area contributed by atoms with Crippen LogP contribution >= 0.6 is 15.9 Å². The number of urea groups is 1. The van der Waals surface area contributed by atoms with Gasteiger partial charge in [-0.3, -0.25) is 0 Å². The van der Waals surface area contributed by atoms with E-state index in [1.54, 1.807) is 0 Å². The van der Waals surface area contributed by atoms with Crippen molar-refractivity contribution in [1.82, 2.24) is 16.0 Å². The molecule has 2 rings (SSSR count). The van der Waals surface area contributed by atoms with Gasteiger partial charge in [0.1, 0.15) is 0 Å². The highest BCUT2D eigenvalue weighted by Gasteiger charge is 2.16. The fourth-order valence-corrected chi connectivity index (χ4v) is 2.07. The lowest BCUT2D eigenvalue weighted by Crippen LogP contribution is -2.49. The van der Waals surface area contributed by atoms with Crippen LogP contribution in [0.3, 0.4) is 0 Å². The molecule has 1 aliphatic rings. The van der Waals surface area contributed by atoms with Crippen LogP contribution in [0.2, 0.25) is 0 Å². The number of carbonyl (C=O) groups excluding carboxylic acids is 1. The van der Waals surface area contributed by atoms with E-state index in [9.17, 15) is 4.79 Å². The average molecular weight is 298 g/mol. The lowest BCUT2D eigenvalue weighted by Gasteiger charge is -2.27. The zero-order chi connectivity index (χ0) is 12.1. The summed E-state index contributed by atoms with van der Waals surface area (Å²) in [6.45, 7) is 3.31. The van der Waals surface area contributed by atoms with Gasteiger partial charge in [0.25, 0.3) is 0 Å². The Hall–Kier alpha value is -1.07. The fourth-order valence-electron chi connectivity index (χ4n) is 1.62. The monoisotopic (exact) mass is 297 g/mol. The summed E-state index contributed by atoms with van der Waals surface area (Å²) < 4.78 is 1.03. The number of hydrogen-bond donors (Lipinski definition) is 3. The lowest BCUT2D eigenvalue weighted by atomic mass is 10.0. The zero-order valence-corrected chi connectivity index (χ0v) is 11.1. The lowest BCUT2D eigenvalue weighted by molar-refractivity contribution is 0.235. The van der Waals surface area contributed by atoms with Crippen LogP contribution < -0.4 is 16.0 Å². The van der Waals surface area contributed by atoms with E-state index in [1.807, 2.05) is 24.3 Å². The van der Waals surface area contributed by atoms with Gasteiger partial charge in [-0.1, -0.05) is 28.1 Å². The Morgan fingerprint density at radius 2 is 2.24 bits per heavy atom. The van der Waals surface area contributed by atoms with Gasteiger partial charge in [0.05, 0.1) is 0 Å². The molecular weight excluding hydrogens is 282 g/mol. The molecule has 2 amide bonds. The summed E-state index contributed by atoms with van der Waals surface area (Å²) in [5.41, 5.74) is 1.08. The maximum atomic E-state index is 11.5. The van der Waals surface area contributed by atoms with Crippen LogP contribution in [-0.2, 0) is 6.54 Å². The largest absolute Gasteiger partial charge is 0.338 e. The molecule has 1 aromatic carbocycles. The second kappa shape index (κ2) is 6.02. The number of halogens is 1. The summed E-state index contributed by atoms with van der Waals surface area (Å²) in [6, 6.07) is 7.81. The molecule has 1 saturated heterocycles. The number of rotatable bonds is 4. The highest BCUT2D eigenvalue weighted by Crippen LogP contribution is 2.11. The van der Waals surface area contributed by atoms with Crippen LogP contribution in [0.4, 0.5) is 4.79 Å². The first-order chi connectivity index (χ1) is 8.24. The van der Waals surface area contributed by atoms with E-state index in [1.165, 1.54) is 0 Å². The maximum absolute atomic E-state index is 11.5. The Bertz CT molecular complexity index is 393. The molecule has 0 saturated carbocycles. The Labute approximate surface area is 109 Å². The molecule has 0 aliphatic carbocycles. The summed E-state index contributed by atoms with van der Waals surface area (Å²) in [6.07, 6.45) is 0. The van der Waals surface area contributed by atoms with Crippen LogP contribution in [0.25, 0.3) is 0 Å². The molecule has 1 fully saturated rings. The van der Waals surface area contributed by atoms with Gasteiger partial charge < -0.3 is 16.0 Å². The molecular formula is C12H16BrN3O. The van der Waals surface area contributed by atoms with Crippen molar-refractivity contribution in [3.63, 3.8) is 0 Å². The first-order valence-electron chi connectivity index (χ1n) is 5.71. The molecule has 92 valence electrons. The number of benzene rings is 1. The number of hydrogen-bond acceptors (Lipinski definition) is 2. The second-order valence-electron chi connectivity index (χ2n) is 4.22. The molecule has 0 bridgehead atoms. The number of nitrogens with one attached hydrogen (secondary N) is 3. The van der Waals surface area contributed by atoms with Crippen molar-refractivity contribution in [2.24, 2.45) is 5.92 Å². The predicted molar refractivity (Wildman–Crippen MR) is 70.7 cm³/mol. The molecule has 3 N–H and O–H groups in total. The van der Waals surface area contributed by atoms with E-state index in [2.05, 4.69) is 31.9 Å². The van der Waals surface area contributed by atoms with E-state index < -0.39 is 0 Å². The van der Waals surface area contributed by atoms with Crippen molar-refractivity contribution in [3.8, 4) is 0 Å². The molecule has 1 heterocycles. The molecule has 0 unspecified atom stereocenters. The Morgan fingerprint density at radius 1 is 1.41 bits per heavy atom. The molecule has 0 aromatic heterocycles. The topological polar surface area (TPSA) is 53.2 Å². The van der Waals surface area contributed by atoms with E-state index >= 15 is 0 Å². The zero-order valence-electron chi connectivity index (χ0n) is 9.50. The van der Waals surface area contributed by atoms with E-state index in [0.29, 0.717) is 12.5 Å². The van der Waals surface area contributed by atoms with Crippen molar-refractivity contribution in [2.75, 3.05) is 19.6 Å². The van der Waals surface area contributed by atoms with Crippen LogP contribution in [0.5, 0.6) is 0 Å². The van der Waals surface area contributed by atoms with Crippen molar-refractivity contribution < 1.29 is 4.79 Å². The molecule has 4 nitrogen and oxygen atoms in total. The van der Waals surface area contributed by atoms with E-state index in [-0.39, 0.29) is 6.03 Å². The van der Waals surface area contributed by atoms with Crippen molar-refractivity contribution in [2.45, 2.75) is 6.54 Å². The summed E-state index contributed by atoms with van der Waals surface area (Å²) >= 11 is 3.40. The quantitative estimate of drug-likeness (QED) is 0.788. The van der Waals surface area contributed by atoms with Gasteiger partial charge in [-0.15, -0.1) is 0 Å². The minimum atomic E-state index is -0.100. The number of carbonyl (C=O) groups is 1. The highest BCUT2D eigenvalue weighted by molar-refractivity contribution is 9.10. The second-order valence-corrected chi connectivity index (χ2v) is 5.13. The molecule has 5 heteroatoms. The molecule has 0 radical (unpaired) electrons. The summed E-state index contributed by atoms with van der Waals surface area (Å²) in [4.78, 5) is 11.5. The normalized spacial score (nSPS) is 15.1. The third kappa shape index (κ3) is 4.02. The molecule has 1 aliphatic heterocycles. The van der Waals surface area contributed by atoms with Crippen molar-refractivity contribution in [1.29, 1.82) is 0 Å². The Kier molecular flexibility index (Phi) is 4.39. The molecule has 0 atom stereocenters. The standard InChI is InChI=1S/C12H16BrN3O/c13-11-3-1-2-9(4-11)7-15-12(17)16-8-10-5-14-6-10/h1-4,10,14H,5-8H2,(H2,15,16,17). The van der Waals surface area contributed by atoms with Gasteiger partial charge in [0.15, 0.2) is 0 Å². The van der Waals surface area contributed by atoms with E-state index in [0.717, 1.165) is 29.7 Å². The van der Waals surface area contributed by atoms with Gasteiger partial charge in [0, 0.05) is 36.6 Å². The van der Waals surface area contributed by atoms with Crippen LogP contribution in [0, 0.1) is 5.92 Å². The minimum absolute atomic E-state index is 0.100. The third-order valence-electron chi connectivity index (χ3n) is 2.76. The van der Waals surface area contributed by atoms with Gasteiger partial charge in [-0.05, 0) is 17.7 Å². The first kappa shape index (κ1) is 12.4. The van der Waals surface area contributed by atoms with Crippen molar-refractivity contribution in [3.05, 3.63) is 34.3 Å². The van der Waals surface area contributed by atoms with E-state index in [4.69, 9.17) is 0 Å². The summed E-state index contributed by atoms with van der Waals surface area (Å²) in [5, 5.41) is 8.88. The smallest absolute Gasteiger partial charge is 0.315 e. The fraction of sp³-hybridized carbons (Fsp3) is 0.417. The van der Waals surface area contributed by atoms with Crippen LogP contribution in [-0.4, -0.2) is 25.7 Å². The predicted octanol–water partition coefficient (Wildman–Crippen LogP) is 1.47. The van der Waals surface area contributed by atoms with Crippen molar-refractivity contribution >= 4 is 22.0 Å². The summed E-state index contributed by atoms with van der Waals surface area (Å²) in [7, 11) is 0. The first-order valence-corrected chi connectivity index (χ1v) is 6.50. The maximum Gasteiger partial charge on any atom is 0.315 e. The van der Waals surface area contributed by atoms with Crippen LogP contribution in [0.1, 0.15) is 5.56 Å². The number of amides is 2. The SMILES string of the molecule is O=C(NCc1cccc(Br)c1)NCC1CNC1. The average Bonchev–Trinajstić information content (AvgIpc) is 2.24. The minimum Gasteiger partial charge on any atom is -0.338 e. The van der Waals surface area contributed by atoms with Gasteiger partial charge in [-0.25, -0.2) is 4.79 Å². The highest BCUT2D eigenvalue weighted by atomic mass is 79.9.